The van der Waals surface area contributed by atoms with E-state index in [0.29, 0.717) is 39.1 Å². The lowest BCUT2D eigenvalue weighted by molar-refractivity contribution is -0.284. The molecule has 0 bridgehead atoms. The van der Waals surface area contributed by atoms with Gasteiger partial charge < -0.3 is 32.5 Å². The quantitative estimate of drug-likeness (QED) is 0.0381. The molecule has 0 radical (unpaired) electrons. The average molecular weight is 991 g/mol. The predicted octanol–water partition coefficient (Wildman–Crippen LogP) is 10.8. The summed E-state index contributed by atoms with van der Waals surface area (Å²) < 4.78 is 80.0. The van der Waals surface area contributed by atoms with Crippen molar-refractivity contribution in [2.24, 2.45) is 0 Å². The normalized spacial score (nSPS) is 26.3. The summed E-state index contributed by atoms with van der Waals surface area (Å²) in [5.74, 6) is 0. The van der Waals surface area contributed by atoms with E-state index in [4.69, 9.17) is 32.5 Å². The van der Waals surface area contributed by atoms with Crippen LogP contribution in [0.5, 0.6) is 0 Å². The van der Waals surface area contributed by atoms with Crippen LogP contribution in [0.25, 0.3) is 0 Å². The van der Waals surface area contributed by atoms with Crippen LogP contribution in [0.3, 0.4) is 0 Å². The first-order valence-corrected chi connectivity index (χ1v) is 31.1. The second-order valence-electron chi connectivity index (χ2n) is 20.5. The molecule has 3 saturated heterocycles. The second kappa shape index (κ2) is 21.9. The highest BCUT2D eigenvalue weighted by Crippen LogP contribution is 2.53. The fourth-order valence-corrected chi connectivity index (χ4v) is 20.4. The Morgan fingerprint density at radius 1 is 0.667 bits per heavy atom. The lowest BCUT2D eigenvalue weighted by atomic mass is 9.82. The van der Waals surface area contributed by atoms with Gasteiger partial charge in [0, 0.05) is 32.3 Å². The number of hydrogen-bond acceptors (Lipinski definition) is 9. The Morgan fingerprint density at radius 2 is 1.19 bits per heavy atom. The molecule has 0 unspecified atom stereocenters. The van der Waals surface area contributed by atoms with E-state index >= 15 is 8.42 Å². The van der Waals surface area contributed by atoms with Crippen LogP contribution >= 0.6 is 0 Å². The van der Waals surface area contributed by atoms with Crippen LogP contribution in [0.2, 0.25) is 23.2 Å². The van der Waals surface area contributed by atoms with Crippen LogP contribution in [0, 0.1) is 0 Å². The summed E-state index contributed by atoms with van der Waals surface area (Å²) in [5.41, 5.74) is 1.50. The Balaban J connectivity index is 1.12. The van der Waals surface area contributed by atoms with E-state index < -0.39 is 55.3 Å². The highest BCUT2D eigenvalue weighted by Gasteiger charge is 2.69. The highest BCUT2D eigenvalue weighted by atomic mass is 32.2. The van der Waals surface area contributed by atoms with Gasteiger partial charge in [-0.1, -0.05) is 181 Å². The van der Waals surface area contributed by atoms with Crippen molar-refractivity contribution in [3.05, 3.63) is 163 Å². The van der Waals surface area contributed by atoms with Crippen LogP contribution in [0.4, 0.5) is 0 Å². The van der Waals surface area contributed by atoms with Gasteiger partial charge in [-0.15, -0.1) is 0 Å². The summed E-state index contributed by atoms with van der Waals surface area (Å²) in [5, 5.41) is 1.92. The van der Waals surface area contributed by atoms with Crippen molar-refractivity contribution in [2.75, 3.05) is 13.2 Å². The van der Waals surface area contributed by atoms with Crippen LogP contribution in [-0.2, 0) is 55.6 Å². The van der Waals surface area contributed by atoms with E-state index in [2.05, 4.69) is 121 Å². The third-order valence-electron chi connectivity index (χ3n) is 15.3. The highest BCUT2D eigenvalue weighted by molar-refractivity contribution is 7.93. The number of ether oxygens (including phenoxy) is 5. The monoisotopic (exact) mass is 990 g/mol. The number of hydrogen-bond donors (Lipinski definition) is 0. The van der Waals surface area contributed by atoms with Crippen molar-refractivity contribution in [2.45, 2.75) is 163 Å². The van der Waals surface area contributed by atoms with Gasteiger partial charge in [-0.2, -0.15) is 0 Å². The van der Waals surface area contributed by atoms with E-state index in [9.17, 15) is 0 Å². The molecule has 12 heteroatoms. The van der Waals surface area contributed by atoms with Crippen LogP contribution in [-0.4, -0.2) is 85.4 Å². The maximum atomic E-state index is 15.4. The van der Waals surface area contributed by atoms with Gasteiger partial charge in [0.25, 0.3) is 8.32 Å². The first kappa shape index (κ1) is 51.6. The minimum absolute atomic E-state index is 0.0780. The number of benzene rings is 5. The van der Waals surface area contributed by atoms with E-state index in [1.54, 1.807) is 24.3 Å². The molecule has 0 aliphatic carbocycles. The minimum Gasteiger partial charge on any atom is -0.411 e. The number of epoxide rings is 1. The number of sulfone groups is 1. The van der Waals surface area contributed by atoms with Gasteiger partial charge in [0.05, 0.1) is 60.8 Å². The fraction of sp³-hybridized carbons (Fsp3) is 0.474. The van der Waals surface area contributed by atoms with Gasteiger partial charge >= 0.3 is 0 Å². The summed E-state index contributed by atoms with van der Waals surface area (Å²) in [6, 6.07) is 52.8. The zero-order valence-corrected chi connectivity index (χ0v) is 44.6. The molecule has 8 atom stereocenters. The average Bonchev–Trinajstić information content (AvgIpc) is 4.09. The molecule has 0 spiro atoms. The first-order chi connectivity index (χ1) is 33.2. The molecule has 370 valence electrons. The summed E-state index contributed by atoms with van der Waals surface area (Å²) in [6.45, 7) is 17.0. The summed E-state index contributed by atoms with van der Waals surface area (Å²) in [7, 11) is -9.43. The molecule has 9 nitrogen and oxygen atoms in total. The summed E-state index contributed by atoms with van der Waals surface area (Å²) >= 11 is 0. The smallest absolute Gasteiger partial charge is 0.261 e. The molecule has 8 rings (SSSR count). The molecule has 3 aliphatic rings. The van der Waals surface area contributed by atoms with Crippen molar-refractivity contribution in [1.29, 1.82) is 0 Å². The zero-order valence-electron chi connectivity index (χ0n) is 41.8. The van der Waals surface area contributed by atoms with Crippen molar-refractivity contribution < 1.29 is 41.0 Å². The van der Waals surface area contributed by atoms with Gasteiger partial charge in [0.1, 0.15) is 6.10 Å². The lowest BCUT2D eigenvalue weighted by Gasteiger charge is -2.53. The maximum absolute atomic E-state index is 15.4. The van der Waals surface area contributed by atoms with Gasteiger partial charge in [-0.25, -0.2) is 8.42 Å². The minimum atomic E-state index is -4.10. The Morgan fingerprint density at radius 3 is 1.72 bits per heavy atom. The largest absolute Gasteiger partial charge is 0.411 e. The van der Waals surface area contributed by atoms with Crippen LogP contribution in [0.15, 0.2) is 157 Å². The molecule has 0 amide bonds. The Hall–Kier alpha value is -3.80. The number of rotatable bonds is 22. The third-order valence-corrected chi connectivity index (χ3v) is 27.3. The topological polar surface area (TPSA) is 102 Å². The molecular formula is C57H74O9SSi2. The third kappa shape index (κ3) is 11.0. The molecule has 3 aliphatic heterocycles. The molecule has 69 heavy (non-hydrogen) atoms. The van der Waals surface area contributed by atoms with Crippen molar-refractivity contribution in [1.82, 2.24) is 0 Å². The van der Waals surface area contributed by atoms with Gasteiger partial charge in [0.15, 0.2) is 8.32 Å². The SMILES string of the molecule is CC[Si](CC)(CC)O[C@@H]1C[C@@H]2O[C@](C)(CCOCc3ccccc3)[C@@H](OCc3ccccc3)C[C@H]2O[C@H]1C[C@@]1(S(=O)(=O)c2ccccc2)O[C@@H]1CO[Si](c1ccccc1)(c1ccccc1)C(C)(C)C. The van der Waals surface area contributed by atoms with Crippen LogP contribution in [0.1, 0.15) is 85.3 Å². The van der Waals surface area contributed by atoms with Crippen LogP contribution < -0.4 is 10.4 Å². The van der Waals surface area contributed by atoms with E-state index in [-0.39, 0.29) is 41.3 Å². The summed E-state index contributed by atoms with van der Waals surface area (Å²) in [4.78, 5) is -1.42. The van der Waals surface area contributed by atoms with Gasteiger partial charge in [-0.05, 0) is 63.7 Å². The Kier molecular flexibility index (Phi) is 16.4. The predicted molar refractivity (Wildman–Crippen MR) is 278 cm³/mol. The van der Waals surface area contributed by atoms with Crippen molar-refractivity contribution in [3.63, 3.8) is 0 Å². The number of fused-ring (bicyclic) bond motifs is 1. The molecule has 0 saturated carbocycles. The van der Waals surface area contributed by atoms with Gasteiger partial charge in [-0.3, -0.25) is 0 Å². The first-order valence-electron chi connectivity index (χ1n) is 25.2. The van der Waals surface area contributed by atoms with E-state index in [1.807, 2.05) is 54.6 Å². The molecule has 0 N–H and O–H groups in total. The second-order valence-corrected chi connectivity index (χ2v) is 31.7. The van der Waals surface area contributed by atoms with Crippen molar-refractivity contribution in [3.8, 4) is 0 Å². The molecule has 5 aromatic carbocycles. The Labute approximate surface area is 414 Å². The van der Waals surface area contributed by atoms with E-state index in [1.165, 1.54) is 0 Å². The molecule has 3 fully saturated rings. The lowest BCUT2D eigenvalue weighted by Crippen LogP contribution is -2.67. The molecular weight excluding hydrogens is 917 g/mol. The molecule has 3 heterocycles. The van der Waals surface area contributed by atoms with Gasteiger partial charge in [0.2, 0.25) is 14.8 Å². The molecule has 5 aromatic rings. The zero-order chi connectivity index (χ0) is 48.8. The van der Waals surface area contributed by atoms with E-state index in [0.717, 1.165) is 39.6 Å². The maximum Gasteiger partial charge on any atom is 0.261 e. The fourth-order valence-electron chi connectivity index (χ4n) is 11.0. The Bertz CT molecular complexity index is 2430. The standard InChI is InChI=1S/C57H74O9SSi2/c1-8-68(9-2,10-3)66-51-38-50-49(39-53(61-42-45-28-18-12-19-29-45)56(7,64-50)36-37-60-41-44-26-16-11-17-27-44)63-52(51)40-57(67(58,59)46-30-20-13-21-31-46)54(65-57)43-62-69(55(4,5)6,47-32-22-14-23-33-47)48-34-24-15-25-35-48/h11-35,49-54H,8-10,36-43H2,1-7H3/t49-,50+,51-,52+,53+,54-,56-,57+/m1/s1. The van der Waals surface area contributed by atoms with Crippen molar-refractivity contribution >= 4 is 36.8 Å². The summed E-state index contributed by atoms with van der Waals surface area (Å²) in [6.07, 6.45) is -1.01. The molecule has 0 aromatic heterocycles.